The minimum Gasteiger partial charge on any atom is -0.497 e. The highest BCUT2D eigenvalue weighted by Gasteiger charge is 2.22. The van der Waals surface area contributed by atoms with Crippen LogP contribution in [0.15, 0.2) is 64.2 Å². The van der Waals surface area contributed by atoms with Gasteiger partial charge in [-0.25, -0.2) is 9.36 Å². The first-order chi connectivity index (χ1) is 12.9. The van der Waals surface area contributed by atoms with Crippen molar-refractivity contribution in [1.29, 1.82) is 0 Å². The number of benzene rings is 2. The molecule has 2 aromatic carbocycles. The fraction of sp³-hybridized carbons (Fsp3) is 0.105. The average Bonchev–Trinajstić information content (AvgIpc) is 2.68. The van der Waals surface area contributed by atoms with Crippen LogP contribution < -0.4 is 27.0 Å². The SMILES string of the molecule is COc1ccc(NC(=O)c2c(N)n(-c3ccccc3)c(=O)n(C)c2=O)cc1. The maximum atomic E-state index is 12.7. The lowest BCUT2D eigenvalue weighted by atomic mass is 10.2. The van der Waals surface area contributed by atoms with Crippen molar-refractivity contribution in [2.45, 2.75) is 0 Å². The first-order valence-corrected chi connectivity index (χ1v) is 8.06. The lowest BCUT2D eigenvalue weighted by Crippen LogP contribution is -2.43. The number of carbonyl (C=O) groups excluding carboxylic acids is 1. The molecular formula is C19H18N4O4. The van der Waals surface area contributed by atoms with Crippen LogP contribution in [0.1, 0.15) is 10.4 Å². The zero-order valence-electron chi connectivity index (χ0n) is 14.8. The van der Waals surface area contributed by atoms with Crippen LogP contribution in [-0.4, -0.2) is 22.2 Å². The zero-order chi connectivity index (χ0) is 19.6. The summed E-state index contributed by atoms with van der Waals surface area (Å²) in [4.78, 5) is 37.7. The van der Waals surface area contributed by atoms with Crippen molar-refractivity contribution in [3.05, 3.63) is 81.0 Å². The number of nitrogens with one attached hydrogen (secondary N) is 1. The summed E-state index contributed by atoms with van der Waals surface area (Å²) in [5, 5.41) is 2.61. The van der Waals surface area contributed by atoms with Crippen LogP contribution >= 0.6 is 0 Å². The van der Waals surface area contributed by atoms with E-state index in [1.54, 1.807) is 54.6 Å². The van der Waals surface area contributed by atoms with Crippen LogP contribution in [0.4, 0.5) is 11.5 Å². The Morgan fingerprint density at radius 2 is 1.67 bits per heavy atom. The number of hydrogen-bond donors (Lipinski definition) is 2. The first kappa shape index (κ1) is 18.0. The van der Waals surface area contributed by atoms with Gasteiger partial charge in [0, 0.05) is 12.7 Å². The van der Waals surface area contributed by atoms with Gasteiger partial charge in [-0.3, -0.25) is 14.2 Å². The molecule has 1 amide bonds. The van der Waals surface area contributed by atoms with E-state index < -0.39 is 17.2 Å². The average molecular weight is 366 g/mol. The standard InChI is InChI=1S/C19H18N4O4/c1-22-18(25)15(17(24)21-12-8-10-14(27-2)11-9-12)16(20)23(19(22)26)13-6-4-3-5-7-13/h3-11H,20H2,1-2H3,(H,21,24). The van der Waals surface area contributed by atoms with Gasteiger partial charge in [0.25, 0.3) is 11.5 Å². The van der Waals surface area contributed by atoms with Crippen LogP contribution in [0, 0.1) is 0 Å². The van der Waals surface area contributed by atoms with Gasteiger partial charge in [0.2, 0.25) is 0 Å². The van der Waals surface area contributed by atoms with Crippen LogP contribution in [0.5, 0.6) is 5.75 Å². The summed E-state index contributed by atoms with van der Waals surface area (Å²) in [7, 11) is 2.83. The van der Waals surface area contributed by atoms with Gasteiger partial charge < -0.3 is 15.8 Å². The van der Waals surface area contributed by atoms with Gasteiger partial charge in [-0.15, -0.1) is 0 Å². The zero-order valence-corrected chi connectivity index (χ0v) is 14.8. The third-order valence-electron chi connectivity index (χ3n) is 4.08. The highest BCUT2D eigenvalue weighted by atomic mass is 16.5. The molecule has 1 heterocycles. The summed E-state index contributed by atoms with van der Waals surface area (Å²) in [6, 6.07) is 15.1. The van der Waals surface area contributed by atoms with Crippen molar-refractivity contribution in [1.82, 2.24) is 9.13 Å². The Balaban J connectivity index is 2.09. The van der Waals surface area contributed by atoms with Crippen molar-refractivity contribution in [2.75, 3.05) is 18.2 Å². The number of para-hydroxylation sites is 1. The minimum atomic E-state index is -0.768. The molecule has 8 nitrogen and oxygen atoms in total. The molecule has 0 saturated heterocycles. The van der Waals surface area contributed by atoms with Gasteiger partial charge in [-0.2, -0.15) is 0 Å². The summed E-state index contributed by atoms with van der Waals surface area (Å²) in [6.45, 7) is 0. The van der Waals surface area contributed by atoms with Crippen LogP contribution in [-0.2, 0) is 7.05 Å². The fourth-order valence-corrected chi connectivity index (χ4v) is 2.64. The fourth-order valence-electron chi connectivity index (χ4n) is 2.64. The van der Waals surface area contributed by atoms with E-state index >= 15 is 0 Å². The molecule has 0 fully saturated rings. The van der Waals surface area contributed by atoms with Crippen LogP contribution in [0.3, 0.4) is 0 Å². The molecule has 27 heavy (non-hydrogen) atoms. The predicted octanol–water partition coefficient (Wildman–Crippen LogP) is 1.38. The molecule has 0 aliphatic rings. The van der Waals surface area contributed by atoms with Gasteiger partial charge >= 0.3 is 5.69 Å². The van der Waals surface area contributed by atoms with Crippen LogP contribution in [0.25, 0.3) is 5.69 Å². The number of anilines is 2. The molecule has 3 N–H and O–H groups in total. The number of hydrogen-bond acceptors (Lipinski definition) is 5. The number of nitrogens with two attached hydrogens (primary N) is 1. The van der Waals surface area contributed by atoms with Crippen molar-refractivity contribution in [2.24, 2.45) is 7.05 Å². The molecule has 138 valence electrons. The Morgan fingerprint density at radius 1 is 1.04 bits per heavy atom. The Labute approximate surface area is 154 Å². The minimum absolute atomic E-state index is 0.222. The normalized spacial score (nSPS) is 10.4. The van der Waals surface area contributed by atoms with E-state index in [0.29, 0.717) is 17.1 Å². The predicted molar refractivity (Wildman–Crippen MR) is 103 cm³/mol. The molecule has 0 unspecified atom stereocenters. The second-order valence-corrected chi connectivity index (χ2v) is 5.76. The maximum absolute atomic E-state index is 12.7. The first-order valence-electron chi connectivity index (χ1n) is 8.06. The van der Waals surface area contributed by atoms with Crippen LogP contribution in [0.2, 0.25) is 0 Å². The summed E-state index contributed by atoms with van der Waals surface area (Å²) < 4.78 is 7.05. The highest BCUT2D eigenvalue weighted by molar-refractivity contribution is 6.07. The number of amides is 1. The number of nitrogens with zero attached hydrogens (tertiary/aromatic N) is 2. The Bertz CT molecular complexity index is 1100. The Kier molecular flexibility index (Phi) is 4.80. The summed E-state index contributed by atoms with van der Waals surface area (Å²) in [5.41, 5.74) is 5.25. The lowest BCUT2D eigenvalue weighted by molar-refractivity contribution is 0.102. The molecular weight excluding hydrogens is 348 g/mol. The number of ether oxygens (including phenoxy) is 1. The van der Waals surface area contributed by atoms with E-state index in [9.17, 15) is 14.4 Å². The Hall–Kier alpha value is -3.81. The number of aromatic nitrogens is 2. The van der Waals surface area contributed by atoms with Crippen molar-refractivity contribution in [3.63, 3.8) is 0 Å². The quantitative estimate of drug-likeness (QED) is 0.725. The van der Waals surface area contributed by atoms with Crippen molar-refractivity contribution in [3.8, 4) is 11.4 Å². The number of methoxy groups -OCH3 is 1. The topological polar surface area (TPSA) is 108 Å². The van der Waals surface area contributed by atoms with Gasteiger partial charge in [-0.05, 0) is 36.4 Å². The highest BCUT2D eigenvalue weighted by Crippen LogP contribution is 2.17. The van der Waals surface area contributed by atoms with E-state index in [4.69, 9.17) is 10.5 Å². The third-order valence-corrected chi connectivity index (χ3v) is 4.08. The summed E-state index contributed by atoms with van der Waals surface area (Å²) in [5.74, 6) is -0.302. The van der Waals surface area contributed by atoms with E-state index in [2.05, 4.69) is 5.32 Å². The molecule has 0 aliphatic carbocycles. The van der Waals surface area contributed by atoms with Gasteiger partial charge in [0.1, 0.15) is 17.1 Å². The molecule has 0 radical (unpaired) electrons. The van der Waals surface area contributed by atoms with E-state index in [0.717, 1.165) is 9.13 Å². The summed E-state index contributed by atoms with van der Waals surface area (Å²) >= 11 is 0. The lowest BCUT2D eigenvalue weighted by Gasteiger charge is -2.15. The number of nitrogen functional groups attached to an aromatic ring is 1. The van der Waals surface area contributed by atoms with E-state index in [1.165, 1.54) is 14.2 Å². The van der Waals surface area contributed by atoms with Gasteiger partial charge in [-0.1, -0.05) is 18.2 Å². The largest absolute Gasteiger partial charge is 0.497 e. The van der Waals surface area contributed by atoms with Gasteiger partial charge in [0.05, 0.1) is 12.8 Å². The Morgan fingerprint density at radius 3 is 2.26 bits per heavy atom. The molecule has 0 saturated carbocycles. The molecule has 3 aromatic rings. The molecule has 0 bridgehead atoms. The number of carbonyl (C=O) groups is 1. The molecule has 1 aromatic heterocycles. The van der Waals surface area contributed by atoms with E-state index in [1.807, 2.05) is 0 Å². The molecule has 0 spiro atoms. The second kappa shape index (κ2) is 7.20. The van der Waals surface area contributed by atoms with Crippen molar-refractivity contribution >= 4 is 17.4 Å². The third kappa shape index (κ3) is 3.32. The second-order valence-electron chi connectivity index (χ2n) is 5.76. The maximum Gasteiger partial charge on any atom is 0.336 e. The van der Waals surface area contributed by atoms with Crippen molar-refractivity contribution < 1.29 is 9.53 Å². The molecule has 0 atom stereocenters. The number of rotatable bonds is 4. The monoisotopic (exact) mass is 366 g/mol. The molecule has 8 heteroatoms. The molecule has 3 rings (SSSR count). The van der Waals surface area contributed by atoms with Gasteiger partial charge in [0.15, 0.2) is 0 Å². The van der Waals surface area contributed by atoms with E-state index in [-0.39, 0.29) is 11.4 Å². The summed E-state index contributed by atoms with van der Waals surface area (Å²) in [6.07, 6.45) is 0. The molecule has 0 aliphatic heterocycles. The smallest absolute Gasteiger partial charge is 0.336 e.